The van der Waals surface area contributed by atoms with E-state index in [1.54, 1.807) is 12.3 Å². The van der Waals surface area contributed by atoms with E-state index in [1.165, 1.54) is 6.20 Å². The maximum absolute atomic E-state index is 13.4. The van der Waals surface area contributed by atoms with Gasteiger partial charge in [-0.2, -0.15) is 0 Å². The molecule has 2 bridgehead atoms. The number of rotatable bonds is 7. The largest absolute Gasteiger partial charge is 0.487 e. The molecular weight excluding hydrogens is 393 g/mol. The van der Waals surface area contributed by atoms with E-state index < -0.39 is 30.3 Å². The standard InChI is InChI=1S/C19H28FN7O3/c20-12-7-23-18(24-8-12)16(17(21)26-29)19(28)25-13-9-22-4-1-14(13)30-15-10-27-5-2-11(15)3-6-27/h1,4,9,11-12,15-18,23-24H,2-3,5-8,10,21H2,(H,25,28)/t12?,15-,16?,17?,18?/m0/s1. The van der Waals surface area contributed by atoms with Crippen LogP contribution in [-0.4, -0.2) is 73.1 Å². The van der Waals surface area contributed by atoms with Crippen molar-refractivity contribution in [3.8, 4) is 5.75 Å². The fourth-order valence-corrected chi connectivity index (χ4v) is 4.48. The summed E-state index contributed by atoms with van der Waals surface area (Å²) in [4.78, 5) is 30.6. The number of hydrogen-bond donors (Lipinski definition) is 4. The molecule has 10 nitrogen and oxygen atoms in total. The first kappa shape index (κ1) is 21.0. The first-order valence-corrected chi connectivity index (χ1v) is 10.4. The highest BCUT2D eigenvalue weighted by atomic mass is 19.1. The molecule has 1 amide bonds. The minimum Gasteiger partial charge on any atom is -0.487 e. The van der Waals surface area contributed by atoms with Gasteiger partial charge in [-0.15, -0.1) is 4.91 Å². The molecule has 4 fully saturated rings. The molecule has 1 aromatic heterocycles. The van der Waals surface area contributed by atoms with Crippen LogP contribution in [0.1, 0.15) is 12.8 Å². The predicted molar refractivity (Wildman–Crippen MR) is 108 cm³/mol. The van der Waals surface area contributed by atoms with Gasteiger partial charge in [-0.25, -0.2) is 4.39 Å². The Bertz CT molecular complexity index is 753. The van der Waals surface area contributed by atoms with Crippen LogP contribution < -0.4 is 26.4 Å². The van der Waals surface area contributed by atoms with Crippen LogP contribution in [-0.2, 0) is 4.79 Å². The smallest absolute Gasteiger partial charge is 0.234 e. The van der Waals surface area contributed by atoms with E-state index in [0.29, 0.717) is 17.4 Å². The van der Waals surface area contributed by atoms with Crippen molar-refractivity contribution in [3.63, 3.8) is 0 Å². The number of alkyl halides is 1. The Morgan fingerprint density at radius 3 is 2.73 bits per heavy atom. The van der Waals surface area contributed by atoms with Gasteiger partial charge in [0, 0.05) is 31.9 Å². The number of nitrogens with zero attached hydrogens (tertiary/aromatic N) is 3. The lowest BCUT2D eigenvalue weighted by Gasteiger charge is -2.44. The van der Waals surface area contributed by atoms with Crippen LogP contribution in [0.5, 0.6) is 5.75 Å². The Morgan fingerprint density at radius 2 is 2.10 bits per heavy atom. The third-order valence-corrected chi connectivity index (χ3v) is 6.18. The lowest BCUT2D eigenvalue weighted by Crippen LogP contribution is -2.62. The fourth-order valence-electron chi connectivity index (χ4n) is 4.48. The third-order valence-electron chi connectivity index (χ3n) is 6.18. The molecule has 5 rings (SSSR count). The topological polar surface area (TPSA) is 134 Å². The Morgan fingerprint density at radius 1 is 1.37 bits per heavy atom. The van der Waals surface area contributed by atoms with Crippen molar-refractivity contribution in [1.82, 2.24) is 20.5 Å². The number of amides is 1. The second-order valence-corrected chi connectivity index (χ2v) is 8.17. The summed E-state index contributed by atoms with van der Waals surface area (Å²) >= 11 is 0. The van der Waals surface area contributed by atoms with Gasteiger partial charge in [0.25, 0.3) is 0 Å². The van der Waals surface area contributed by atoms with Crippen LogP contribution in [0.25, 0.3) is 0 Å². The number of pyridine rings is 1. The molecule has 1 aromatic rings. The number of nitrogens with one attached hydrogen (secondary N) is 3. The van der Waals surface area contributed by atoms with Gasteiger partial charge < -0.3 is 15.8 Å². The highest BCUT2D eigenvalue weighted by molar-refractivity contribution is 5.94. The quantitative estimate of drug-likeness (QED) is 0.453. The van der Waals surface area contributed by atoms with Crippen LogP contribution in [0.4, 0.5) is 10.1 Å². The van der Waals surface area contributed by atoms with Gasteiger partial charge in [0.15, 0.2) is 6.17 Å². The Kier molecular flexibility index (Phi) is 6.52. The number of piperidine rings is 3. The van der Waals surface area contributed by atoms with E-state index in [0.717, 1.165) is 32.5 Å². The lowest BCUT2D eigenvalue weighted by atomic mass is 9.86. The van der Waals surface area contributed by atoms with E-state index >= 15 is 0 Å². The van der Waals surface area contributed by atoms with Crippen LogP contribution in [0.3, 0.4) is 0 Å². The summed E-state index contributed by atoms with van der Waals surface area (Å²) in [5.41, 5.74) is 6.20. The van der Waals surface area contributed by atoms with Crippen molar-refractivity contribution in [3.05, 3.63) is 23.4 Å². The third kappa shape index (κ3) is 4.59. The van der Waals surface area contributed by atoms with E-state index in [2.05, 4.69) is 31.0 Å². The van der Waals surface area contributed by atoms with Crippen molar-refractivity contribution in [2.75, 3.05) is 38.0 Å². The van der Waals surface area contributed by atoms with Crippen molar-refractivity contribution < 1.29 is 13.9 Å². The van der Waals surface area contributed by atoms with Gasteiger partial charge in [0.1, 0.15) is 29.6 Å². The average Bonchev–Trinajstić information content (AvgIpc) is 2.77. The molecule has 0 aromatic carbocycles. The summed E-state index contributed by atoms with van der Waals surface area (Å²) in [6.45, 7) is 3.19. The molecule has 2 unspecified atom stereocenters. The minimum atomic E-state index is -1.30. The molecule has 0 saturated carbocycles. The SMILES string of the molecule is NC(N=O)C(C(=O)Nc1cnccc1O[C@H]1CN2CCC1CC2)C1NCC(F)CN1. The summed E-state index contributed by atoms with van der Waals surface area (Å²) < 4.78 is 19.7. The van der Waals surface area contributed by atoms with Gasteiger partial charge in [-0.1, -0.05) is 5.18 Å². The number of aromatic nitrogens is 1. The number of anilines is 1. The summed E-state index contributed by atoms with van der Waals surface area (Å²) in [6, 6.07) is 1.71. The first-order valence-electron chi connectivity index (χ1n) is 10.4. The molecule has 5 N–H and O–H groups in total. The van der Waals surface area contributed by atoms with Gasteiger partial charge >= 0.3 is 0 Å². The number of fused-ring (bicyclic) bond motifs is 3. The molecule has 5 heterocycles. The number of ether oxygens (including phenoxy) is 1. The van der Waals surface area contributed by atoms with Gasteiger partial charge in [-0.3, -0.25) is 25.3 Å². The van der Waals surface area contributed by atoms with E-state index in [9.17, 15) is 14.1 Å². The summed E-state index contributed by atoms with van der Waals surface area (Å²) in [6.07, 6.45) is 2.33. The Labute approximate surface area is 174 Å². The normalized spacial score (nSPS) is 32.8. The first-order chi connectivity index (χ1) is 14.5. The summed E-state index contributed by atoms with van der Waals surface area (Å²) in [5, 5.41) is 11.3. The zero-order valence-electron chi connectivity index (χ0n) is 16.7. The van der Waals surface area contributed by atoms with E-state index in [4.69, 9.17) is 10.5 Å². The van der Waals surface area contributed by atoms with Gasteiger partial charge in [0.2, 0.25) is 5.91 Å². The van der Waals surface area contributed by atoms with Crippen LogP contribution in [0, 0.1) is 16.7 Å². The number of nitroso groups, excluding NO2 is 1. The molecule has 4 saturated heterocycles. The molecule has 4 aliphatic rings. The fraction of sp³-hybridized carbons (Fsp3) is 0.684. The maximum atomic E-state index is 13.4. The molecule has 0 radical (unpaired) electrons. The Balaban J connectivity index is 1.47. The monoisotopic (exact) mass is 421 g/mol. The molecular formula is C19H28FN7O3. The van der Waals surface area contributed by atoms with Gasteiger partial charge in [-0.05, 0) is 31.8 Å². The van der Waals surface area contributed by atoms with Crippen molar-refractivity contribution in [2.45, 2.75) is 37.4 Å². The molecule has 0 aliphatic carbocycles. The zero-order chi connectivity index (χ0) is 21.1. The number of nitrogens with two attached hydrogens (primary N) is 1. The second-order valence-electron chi connectivity index (χ2n) is 8.17. The van der Waals surface area contributed by atoms with Crippen LogP contribution >= 0.6 is 0 Å². The lowest BCUT2D eigenvalue weighted by molar-refractivity contribution is -0.122. The summed E-state index contributed by atoms with van der Waals surface area (Å²) in [5.74, 6) is -0.524. The highest BCUT2D eigenvalue weighted by Gasteiger charge is 2.38. The molecule has 164 valence electrons. The second kappa shape index (κ2) is 9.29. The van der Waals surface area contributed by atoms with Crippen molar-refractivity contribution >= 4 is 11.6 Å². The Hall–Kier alpha value is -2.21. The molecule has 0 spiro atoms. The predicted octanol–water partition coefficient (Wildman–Crippen LogP) is 0.0175. The zero-order valence-corrected chi connectivity index (χ0v) is 16.7. The molecule has 11 heteroatoms. The van der Waals surface area contributed by atoms with Crippen LogP contribution in [0.2, 0.25) is 0 Å². The number of carbonyl (C=O) groups is 1. The number of halogens is 1. The number of hydrogen-bond acceptors (Lipinski definition) is 9. The minimum absolute atomic E-state index is 0.0587. The molecule has 30 heavy (non-hydrogen) atoms. The number of carbonyl (C=O) groups excluding carboxylic acids is 1. The molecule has 3 atom stereocenters. The molecule has 4 aliphatic heterocycles. The van der Waals surface area contributed by atoms with Gasteiger partial charge in [0.05, 0.1) is 12.4 Å². The van der Waals surface area contributed by atoms with E-state index in [1.807, 2.05) is 0 Å². The van der Waals surface area contributed by atoms with E-state index in [-0.39, 0.29) is 19.2 Å². The maximum Gasteiger partial charge on any atom is 0.234 e. The average molecular weight is 421 g/mol. The van der Waals surface area contributed by atoms with Crippen LogP contribution in [0.15, 0.2) is 23.6 Å². The van der Waals surface area contributed by atoms with Crippen molar-refractivity contribution in [1.29, 1.82) is 0 Å². The highest BCUT2D eigenvalue weighted by Crippen LogP contribution is 2.33. The summed E-state index contributed by atoms with van der Waals surface area (Å²) in [7, 11) is 0. The van der Waals surface area contributed by atoms with Crippen molar-refractivity contribution in [2.24, 2.45) is 22.7 Å².